The summed E-state index contributed by atoms with van der Waals surface area (Å²) in [5, 5.41) is 3.37. The maximum absolute atomic E-state index is 13.0. The molecule has 1 saturated carbocycles. The molecule has 2 aliphatic carbocycles. The number of fused-ring (bicyclic) bond motifs is 1. The van der Waals surface area contributed by atoms with Gasteiger partial charge in [-0.2, -0.15) is 0 Å². The Labute approximate surface area is 168 Å². The van der Waals surface area contributed by atoms with Crippen molar-refractivity contribution in [1.82, 2.24) is 10.2 Å². The molecule has 3 aliphatic rings. The van der Waals surface area contributed by atoms with Crippen LogP contribution in [0.2, 0.25) is 0 Å². The molecule has 1 amide bonds. The first kappa shape index (κ1) is 19.4. The standard InChI is InChI=1S/C23H36N2OS/c1-18-9-8-12-23(18,17-25-13-6-7-14-25)16-24-22(26)21-15-19-10-4-2-3-5-11-20(19)27-21/h15,18H,2-14,16-17H2,1H3,(H,24,26). The van der Waals surface area contributed by atoms with E-state index in [1.807, 2.05) is 0 Å². The van der Waals surface area contributed by atoms with Crippen molar-refractivity contribution in [2.24, 2.45) is 11.3 Å². The van der Waals surface area contributed by atoms with Crippen molar-refractivity contribution >= 4 is 17.2 Å². The lowest BCUT2D eigenvalue weighted by atomic mass is 9.78. The van der Waals surface area contributed by atoms with Crippen LogP contribution in [0, 0.1) is 11.3 Å². The van der Waals surface area contributed by atoms with Crippen LogP contribution in [0.3, 0.4) is 0 Å². The number of nitrogens with one attached hydrogen (secondary N) is 1. The predicted octanol–water partition coefficient (Wildman–Crippen LogP) is 5.04. The second-order valence-corrected chi connectivity index (χ2v) is 10.4. The first-order valence-electron chi connectivity index (χ1n) is 11.3. The molecule has 1 saturated heterocycles. The van der Waals surface area contributed by atoms with Crippen molar-refractivity contribution in [3.05, 3.63) is 21.4 Å². The zero-order valence-corrected chi connectivity index (χ0v) is 17.8. The van der Waals surface area contributed by atoms with E-state index in [9.17, 15) is 4.79 Å². The van der Waals surface area contributed by atoms with Gasteiger partial charge in [0.15, 0.2) is 0 Å². The molecule has 3 nitrogen and oxygen atoms in total. The number of rotatable bonds is 5. The molecule has 2 heterocycles. The third kappa shape index (κ3) is 4.42. The largest absolute Gasteiger partial charge is 0.351 e. The molecule has 1 aliphatic heterocycles. The number of carbonyl (C=O) groups is 1. The molecule has 2 fully saturated rings. The van der Waals surface area contributed by atoms with E-state index in [-0.39, 0.29) is 11.3 Å². The van der Waals surface area contributed by atoms with Gasteiger partial charge in [-0.05, 0) is 75.6 Å². The maximum Gasteiger partial charge on any atom is 0.261 e. The average molecular weight is 389 g/mol. The number of likely N-dealkylation sites (tertiary alicyclic amines) is 1. The summed E-state index contributed by atoms with van der Waals surface area (Å²) >= 11 is 1.76. The summed E-state index contributed by atoms with van der Waals surface area (Å²) in [5.74, 6) is 0.883. The van der Waals surface area contributed by atoms with Crippen molar-refractivity contribution in [2.45, 2.75) is 77.6 Å². The zero-order chi connectivity index (χ0) is 18.7. The quantitative estimate of drug-likeness (QED) is 0.766. The molecule has 0 bridgehead atoms. The Bertz CT molecular complexity index is 623. The molecular weight excluding hydrogens is 352 g/mol. The number of carbonyl (C=O) groups excluding carboxylic acids is 1. The molecule has 0 spiro atoms. The van der Waals surface area contributed by atoms with Gasteiger partial charge in [0.05, 0.1) is 4.88 Å². The Morgan fingerprint density at radius 2 is 1.93 bits per heavy atom. The molecule has 0 radical (unpaired) electrons. The van der Waals surface area contributed by atoms with Gasteiger partial charge in [-0.3, -0.25) is 4.79 Å². The molecule has 27 heavy (non-hydrogen) atoms. The van der Waals surface area contributed by atoms with E-state index in [4.69, 9.17) is 0 Å². The molecule has 2 unspecified atom stereocenters. The third-order valence-corrected chi connectivity index (χ3v) is 8.65. The van der Waals surface area contributed by atoms with Crippen LogP contribution in [0.15, 0.2) is 6.07 Å². The van der Waals surface area contributed by atoms with Crippen LogP contribution in [0.1, 0.15) is 84.8 Å². The Morgan fingerprint density at radius 1 is 1.15 bits per heavy atom. The van der Waals surface area contributed by atoms with Gasteiger partial charge >= 0.3 is 0 Å². The topological polar surface area (TPSA) is 32.3 Å². The highest BCUT2D eigenvalue weighted by molar-refractivity contribution is 7.14. The van der Waals surface area contributed by atoms with Gasteiger partial charge in [0, 0.05) is 23.4 Å². The van der Waals surface area contributed by atoms with Crippen LogP contribution in [0.4, 0.5) is 0 Å². The number of nitrogens with zero attached hydrogens (tertiary/aromatic N) is 1. The van der Waals surface area contributed by atoms with Gasteiger partial charge in [0.2, 0.25) is 0 Å². The lowest BCUT2D eigenvalue weighted by molar-refractivity contribution is 0.0875. The SMILES string of the molecule is CC1CCCC1(CNC(=O)c1cc2c(s1)CCCCCC2)CN1CCCC1. The highest BCUT2D eigenvalue weighted by Crippen LogP contribution is 2.44. The minimum absolute atomic E-state index is 0.173. The summed E-state index contributed by atoms with van der Waals surface area (Å²) in [6.07, 6.45) is 14.2. The number of aryl methyl sites for hydroxylation is 2. The van der Waals surface area contributed by atoms with E-state index in [0.717, 1.165) is 17.8 Å². The molecule has 4 heteroatoms. The van der Waals surface area contributed by atoms with Gasteiger partial charge in [-0.25, -0.2) is 0 Å². The minimum atomic E-state index is 0.173. The second kappa shape index (κ2) is 8.65. The zero-order valence-electron chi connectivity index (χ0n) is 17.0. The van der Waals surface area contributed by atoms with Gasteiger partial charge in [-0.1, -0.05) is 32.6 Å². The summed E-state index contributed by atoms with van der Waals surface area (Å²) in [4.78, 5) is 18.0. The smallest absolute Gasteiger partial charge is 0.261 e. The molecule has 0 aromatic carbocycles. The van der Waals surface area contributed by atoms with Gasteiger partial charge in [-0.15, -0.1) is 11.3 Å². The van der Waals surface area contributed by atoms with Crippen molar-refractivity contribution in [3.8, 4) is 0 Å². The van der Waals surface area contributed by atoms with Gasteiger partial charge in [0.1, 0.15) is 0 Å². The van der Waals surface area contributed by atoms with Crippen LogP contribution in [0.25, 0.3) is 0 Å². The highest BCUT2D eigenvalue weighted by Gasteiger charge is 2.42. The number of amides is 1. The Hall–Kier alpha value is -0.870. The van der Waals surface area contributed by atoms with Crippen LogP contribution < -0.4 is 5.32 Å². The first-order chi connectivity index (χ1) is 13.2. The highest BCUT2D eigenvalue weighted by atomic mass is 32.1. The molecule has 150 valence electrons. The molecule has 4 rings (SSSR count). The monoisotopic (exact) mass is 388 g/mol. The number of hydrogen-bond donors (Lipinski definition) is 1. The predicted molar refractivity (Wildman–Crippen MR) is 114 cm³/mol. The van der Waals surface area contributed by atoms with E-state index >= 15 is 0 Å². The summed E-state index contributed by atoms with van der Waals surface area (Å²) in [6.45, 7) is 6.94. The lowest BCUT2D eigenvalue weighted by Crippen LogP contribution is -2.46. The number of hydrogen-bond acceptors (Lipinski definition) is 3. The van der Waals surface area contributed by atoms with Crippen molar-refractivity contribution in [3.63, 3.8) is 0 Å². The molecule has 1 N–H and O–H groups in total. The normalized spacial score (nSPS) is 29.3. The van der Waals surface area contributed by atoms with Crippen LogP contribution in [-0.2, 0) is 12.8 Å². The Kier molecular flexibility index (Phi) is 6.23. The summed E-state index contributed by atoms with van der Waals surface area (Å²) in [7, 11) is 0. The maximum atomic E-state index is 13.0. The van der Waals surface area contributed by atoms with Crippen LogP contribution in [-0.4, -0.2) is 37.0 Å². The van der Waals surface area contributed by atoms with Crippen molar-refractivity contribution < 1.29 is 4.79 Å². The molecule has 1 aromatic rings. The van der Waals surface area contributed by atoms with Crippen LogP contribution >= 0.6 is 11.3 Å². The van der Waals surface area contributed by atoms with Crippen molar-refractivity contribution in [2.75, 3.05) is 26.2 Å². The average Bonchev–Trinajstić information content (AvgIpc) is 3.36. The van der Waals surface area contributed by atoms with E-state index in [1.54, 1.807) is 11.3 Å². The minimum Gasteiger partial charge on any atom is -0.351 e. The van der Waals surface area contributed by atoms with E-state index in [1.165, 1.54) is 94.3 Å². The van der Waals surface area contributed by atoms with Gasteiger partial charge < -0.3 is 10.2 Å². The fourth-order valence-corrected chi connectivity index (χ4v) is 6.72. The third-order valence-electron chi connectivity index (χ3n) is 7.42. The van der Waals surface area contributed by atoms with Crippen LogP contribution in [0.5, 0.6) is 0 Å². The fraction of sp³-hybridized carbons (Fsp3) is 0.783. The van der Waals surface area contributed by atoms with E-state index in [0.29, 0.717) is 5.92 Å². The second-order valence-electron chi connectivity index (χ2n) is 9.29. The molecule has 2 atom stereocenters. The van der Waals surface area contributed by atoms with Gasteiger partial charge in [0.25, 0.3) is 5.91 Å². The summed E-state index contributed by atoms with van der Waals surface area (Å²) in [6, 6.07) is 2.20. The molecular formula is C23H36N2OS. The van der Waals surface area contributed by atoms with Crippen molar-refractivity contribution in [1.29, 1.82) is 0 Å². The van der Waals surface area contributed by atoms with E-state index < -0.39 is 0 Å². The fourth-order valence-electron chi connectivity index (χ4n) is 5.55. The molecule has 1 aromatic heterocycles. The first-order valence-corrected chi connectivity index (χ1v) is 12.1. The summed E-state index contributed by atoms with van der Waals surface area (Å²) < 4.78 is 0. The summed E-state index contributed by atoms with van der Waals surface area (Å²) in [5.41, 5.74) is 1.73. The Balaban J connectivity index is 1.41. The van der Waals surface area contributed by atoms with E-state index in [2.05, 4.69) is 23.2 Å². The number of thiophene rings is 1. The lowest BCUT2D eigenvalue weighted by Gasteiger charge is -2.37. The Morgan fingerprint density at radius 3 is 2.67 bits per heavy atom.